The Morgan fingerprint density at radius 3 is 1.44 bits per heavy atom. The van der Waals surface area contributed by atoms with Gasteiger partial charge in [-0.15, -0.1) is 7.26 Å². The van der Waals surface area contributed by atoms with Crippen molar-refractivity contribution in [1.82, 2.24) is 0 Å². The quantitative estimate of drug-likeness (QED) is 0.462. The number of hydrogen-bond donors (Lipinski definition) is 2. The van der Waals surface area contributed by atoms with Crippen molar-refractivity contribution < 1.29 is 28.3 Å². The molecule has 0 spiro atoms. The molecule has 0 rings (SSSR count). The van der Waals surface area contributed by atoms with Crippen LogP contribution in [-0.2, 0) is 38.9 Å². The molecule has 18 heavy (non-hydrogen) atoms. The minimum absolute atomic E-state index is 0.0967. The summed E-state index contributed by atoms with van der Waals surface area (Å²) in [6, 6.07) is 0. The average Bonchev–Trinajstić information content (AvgIpc) is 2.22. The number of hydrogen-bond acceptors (Lipinski definition) is 9. The number of nitrogens with two attached hydrogens (primary N) is 2. The molecule has 0 amide bonds. The van der Waals surface area contributed by atoms with Crippen LogP contribution in [0, 0.1) is 0 Å². The zero-order valence-electron chi connectivity index (χ0n) is 9.48. The maximum atomic E-state index is 11.1. The summed E-state index contributed by atoms with van der Waals surface area (Å²) < 4.78 is 63.6. The van der Waals surface area contributed by atoms with E-state index in [0.29, 0.717) is 0 Å². The van der Waals surface area contributed by atoms with E-state index in [1.807, 2.05) is 0 Å². The van der Waals surface area contributed by atoms with Gasteiger partial charge in [-0.3, -0.25) is 0 Å². The molecule has 0 saturated heterocycles. The largest absolute Gasteiger partial charge is 0.336 e. The first-order chi connectivity index (χ1) is 8.22. The Morgan fingerprint density at radius 2 is 1.17 bits per heavy atom. The van der Waals surface area contributed by atoms with Crippen molar-refractivity contribution in [1.29, 1.82) is 0 Å². The fourth-order valence-electron chi connectivity index (χ4n) is 0.769. The summed E-state index contributed by atoms with van der Waals surface area (Å²) in [5.74, 6) is -0.942. The van der Waals surface area contributed by atoms with E-state index < -0.39 is 43.1 Å². The van der Waals surface area contributed by atoms with Crippen LogP contribution < -0.4 is 11.5 Å². The Morgan fingerprint density at radius 1 is 0.833 bits per heavy atom. The van der Waals surface area contributed by atoms with Crippen LogP contribution in [0.3, 0.4) is 0 Å². The molecule has 0 aromatic heterocycles. The van der Waals surface area contributed by atoms with Gasteiger partial charge in [0.05, 0.1) is 11.5 Å². The van der Waals surface area contributed by atoms with E-state index in [2.05, 4.69) is 7.26 Å². The normalized spacial score (nSPS) is 13.1. The zero-order valence-corrected chi connectivity index (χ0v) is 11.9. The minimum atomic E-state index is -4.13. The van der Waals surface area contributed by atoms with Crippen LogP contribution >= 0.6 is 0 Å². The SMILES string of the molecule is NCCCS(=O)(=O)OS(=O)OS(=O)(=O)CCCN. The van der Waals surface area contributed by atoms with Gasteiger partial charge < -0.3 is 11.5 Å². The van der Waals surface area contributed by atoms with Gasteiger partial charge in [0.2, 0.25) is 0 Å². The summed E-state index contributed by atoms with van der Waals surface area (Å²) in [7, 11) is -8.26. The monoisotopic (exact) mass is 324 g/mol. The summed E-state index contributed by atoms with van der Waals surface area (Å²) in [4.78, 5) is 0. The molecule has 0 heterocycles. The first-order valence-electron chi connectivity index (χ1n) is 4.89. The third kappa shape index (κ3) is 8.91. The van der Waals surface area contributed by atoms with Gasteiger partial charge in [-0.2, -0.15) is 21.0 Å². The predicted octanol–water partition coefficient (Wildman–Crippen LogP) is -2.04. The molecule has 0 unspecified atom stereocenters. The topological polar surface area (TPSA) is 156 Å². The van der Waals surface area contributed by atoms with Gasteiger partial charge in [-0.05, 0) is 25.9 Å². The molecule has 0 bridgehead atoms. The highest BCUT2D eigenvalue weighted by molar-refractivity contribution is 8.00. The molecule has 4 N–H and O–H groups in total. The summed E-state index contributed by atoms with van der Waals surface area (Å²) in [6.07, 6.45) is 0.193. The van der Waals surface area contributed by atoms with Crippen LogP contribution in [0.2, 0.25) is 0 Å². The molecule has 110 valence electrons. The van der Waals surface area contributed by atoms with E-state index in [1.54, 1.807) is 0 Å². The third-order valence-corrected chi connectivity index (χ3v) is 5.64. The highest BCUT2D eigenvalue weighted by Crippen LogP contribution is 2.06. The molecule has 9 nitrogen and oxygen atoms in total. The molecule has 0 atom stereocenters. The molecule has 0 aliphatic carbocycles. The second-order valence-corrected chi connectivity index (χ2v) is 7.69. The third-order valence-electron chi connectivity index (χ3n) is 1.52. The van der Waals surface area contributed by atoms with Crippen LogP contribution in [-0.4, -0.2) is 45.6 Å². The lowest BCUT2D eigenvalue weighted by Gasteiger charge is -2.04. The van der Waals surface area contributed by atoms with E-state index in [1.165, 1.54) is 0 Å². The van der Waals surface area contributed by atoms with Gasteiger partial charge in [0, 0.05) is 0 Å². The molecule has 0 radical (unpaired) electrons. The Hall–Kier alpha value is -0.110. The predicted molar refractivity (Wildman–Crippen MR) is 65.2 cm³/mol. The molecule has 0 aliphatic rings. The lowest BCUT2D eigenvalue weighted by atomic mass is 10.5. The Bertz CT molecular complexity index is 416. The smallest absolute Gasteiger partial charge is 0.330 e. The van der Waals surface area contributed by atoms with Crippen LogP contribution in [0.4, 0.5) is 0 Å². The number of rotatable bonds is 10. The van der Waals surface area contributed by atoms with Crippen LogP contribution in [0.15, 0.2) is 0 Å². The van der Waals surface area contributed by atoms with Crippen molar-refractivity contribution >= 4 is 31.6 Å². The Labute approximate surface area is 109 Å². The standard InChI is InChI=1S/C6H16N2O7S3/c7-3-1-5-17(10,11)14-16(9)15-18(12,13)6-2-4-8/h1-8H2. The lowest BCUT2D eigenvalue weighted by Crippen LogP contribution is -2.20. The first-order valence-corrected chi connectivity index (χ1v) is 9.05. The summed E-state index contributed by atoms with van der Waals surface area (Å²) in [6.45, 7) is 0.204. The fraction of sp³-hybridized carbons (Fsp3) is 1.00. The summed E-state index contributed by atoms with van der Waals surface area (Å²) >= 11 is -2.92. The van der Waals surface area contributed by atoms with Crippen molar-refractivity contribution in [3.05, 3.63) is 0 Å². The fourth-order valence-corrected chi connectivity index (χ4v) is 4.00. The molecule has 0 fully saturated rings. The van der Waals surface area contributed by atoms with Crippen molar-refractivity contribution in [3.63, 3.8) is 0 Å². The minimum Gasteiger partial charge on any atom is -0.330 e. The van der Waals surface area contributed by atoms with Gasteiger partial charge in [-0.25, -0.2) is 0 Å². The molecule has 0 aliphatic heterocycles. The van der Waals surface area contributed by atoms with Crippen LogP contribution in [0.1, 0.15) is 12.8 Å². The van der Waals surface area contributed by atoms with Crippen molar-refractivity contribution in [2.45, 2.75) is 12.8 Å². The van der Waals surface area contributed by atoms with E-state index >= 15 is 0 Å². The zero-order chi connectivity index (χ0) is 14.2. The van der Waals surface area contributed by atoms with E-state index in [4.69, 9.17) is 11.5 Å². The van der Waals surface area contributed by atoms with Crippen molar-refractivity contribution in [2.75, 3.05) is 24.6 Å². The van der Waals surface area contributed by atoms with E-state index in [-0.39, 0.29) is 25.9 Å². The summed E-state index contributed by atoms with van der Waals surface area (Å²) in [5.41, 5.74) is 10.2. The van der Waals surface area contributed by atoms with Gasteiger partial charge in [-0.1, -0.05) is 0 Å². The lowest BCUT2D eigenvalue weighted by molar-refractivity contribution is 0.435. The second-order valence-electron chi connectivity index (χ2n) is 3.15. The van der Waals surface area contributed by atoms with E-state index in [0.717, 1.165) is 0 Å². The highest BCUT2D eigenvalue weighted by atomic mass is 32.3. The maximum absolute atomic E-state index is 11.1. The molecule has 0 aromatic rings. The molecular weight excluding hydrogens is 308 g/mol. The Balaban J connectivity index is 4.35. The van der Waals surface area contributed by atoms with Gasteiger partial charge in [0.15, 0.2) is 0 Å². The molecular formula is C6H16N2O7S3. The van der Waals surface area contributed by atoms with Crippen LogP contribution in [0.25, 0.3) is 0 Å². The highest BCUT2D eigenvalue weighted by Gasteiger charge is 2.22. The van der Waals surface area contributed by atoms with Crippen LogP contribution in [0.5, 0.6) is 0 Å². The van der Waals surface area contributed by atoms with Crippen molar-refractivity contribution in [3.8, 4) is 0 Å². The molecule has 0 saturated carbocycles. The average molecular weight is 324 g/mol. The van der Waals surface area contributed by atoms with Gasteiger partial charge >= 0.3 is 11.4 Å². The van der Waals surface area contributed by atoms with Crippen molar-refractivity contribution in [2.24, 2.45) is 11.5 Å². The molecule has 0 aromatic carbocycles. The van der Waals surface area contributed by atoms with E-state index in [9.17, 15) is 21.0 Å². The Kier molecular flexibility index (Phi) is 8.09. The maximum Gasteiger partial charge on any atom is 0.336 e. The van der Waals surface area contributed by atoms with Gasteiger partial charge in [0.1, 0.15) is 0 Å². The second kappa shape index (κ2) is 8.14. The van der Waals surface area contributed by atoms with Gasteiger partial charge in [0.25, 0.3) is 20.2 Å². The molecule has 12 heteroatoms. The first kappa shape index (κ1) is 17.9. The summed E-state index contributed by atoms with van der Waals surface area (Å²) in [5, 5.41) is 0.